The van der Waals surface area contributed by atoms with Crippen LogP contribution in [0.25, 0.3) is 0 Å². The second-order valence-electron chi connectivity index (χ2n) is 6.30. The molecule has 0 saturated heterocycles. The third kappa shape index (κ3) is 5.73. The van der Waals surface area contributed by atoms with Crippen LogP contribution in [0, 0.1) is 5.82 Å². The molecule has 1 N–H and O–H groups in total. The van der Waals surface area contributed by atoms with Gasteiger partial charge in [0.15, 0.2) is 11.5 Å². The summed E-state index contributed by atoms with van der Waals surface area (Å²) in [6, 6.07) is 13.6. The Morgan fingerprint density at radius 2 is 1.80 bits per heavy atom. The molecule has 0 amide bonds. The van der Waals surface area contributed by atoms with Crippen LogP contribution in [0.4, 0.5) is 10.1 Å². The number of hydrogen-bond acceptors (Lipinski definition) is 3. The second-order valence-corrected chi connectivity index (χ2v) is 8.41. The predicted octanol–water partition coefficient (Wildman–Crippen LogP) is 8.14. The van der Waals surface area contributed by atoms with Gasteiger partial charge in [-0.05, 0) is 70.9 Å². The average molecular weight is 534 g/mol. The van der Waals surface area contributed by atoms with Crippen LogP contribution in [0.2, 0.25) is 15.1 Å². The molecule has 0 radical (unpaired) electrons. The van der Waals surface area contributed by atoms with Crippen molar-refractivity contribution in [2.24, 2.45) is 0 Å². The van der Waals surface area contributed by atoms with E-state index in [1.165, 1.54) is 6.07 Å². The fourth-order valence-corrected chi connectivity index (χ4v) is 4.07. The highest BCUT2D eigenvalue weighted by molar-refractivity contribution is 9.10. The first-order valence-electron chi connectivity index (χ1n) is 9.09. The molecule has 3 aromatic rings. The zero-order valence-corrected chi connectivity index (χ0v) is 19.8. The van der Waals surface area contributed by atoms with Crippen LogP contribution < -0.4 is 14.8 Å². The number of nitrogens with one attached hydrogen (secondary N) is 1. The van der Waals surface area contributed by atoms with Crippen LogP contribution in [0.5, 0.6) is 11.5 Å². The third-order valence-corrected chi connectivity index (χ3v) is 5.70. The summed E-state index contributed by atoms with van der Waals surface area (Å²) in [4.78, 5) is 0. The van der Waals surface area contributed by atoms with Crippen molar-refractivity contribution in [1.82, 2.24) is 0 Å². The maximum Gasteiger partial charge on any atom is 0.175 e. The van der Waals surface area contributed by atoms with Gasteiger partial charge >= 0.3 is 0 Å². The van der Waals surface area contributed by atoms with Crippen LogP contribution in [0.1, 0.15) is 18.1 Å². The van der Waals surface area contributed by atoms with Crippen molar-refractivity contribution in [3.63, 3.8) is 0 Å². The highest BCUT2D eigenvalue weighted by Gasteiger charge is 2.15. The minimum absolute atomic E-state index is 0.0256. The van der Waals surface area contributed by atoms with E-state index in [-0.39, 0.29) is 12.2 Å². The maximum atomic E-state index is 14.1. The minimum Gasteiger partial charge on any atom is -0.490 e. The molecule has 0 fully saturated rings. The third-order valence-electron chi connectivity index (χ3n) is 4.21. The molecule has 0 saturated carbocycles. The Hall–Kier alpha value is -1.66. The van der Waals surface area contributed by atoms with Gasteiger partial charge in [0.1, 0.15) is 12.4 Å². The Morgan fingerprint density at radius 1 is 1.00 bits per heavy atom. The van der Waals surface area contributed by atoms with Gasteiger partial charge in [0.25, 0.3) is 0 Å². The molecule has 0 heterocycles. The lowest BCUT2D eigenvalue weighted by Crippen LogP contribution is -2.05. The standard InChI is InChI=1S/C22H18BrCl3FNO2/c1-2-29-21-9-13(11-28-20-7-6-14(24)10-18(20)26)8-16(23)22(21)30-12-15-17(25)4-3-5-19(15)27/h3-10,28H,2,11-12H2,1H3. The molecule has 0 aliphatic heterocycles. The van der Waals surface area contributed by atoms with Crippen molar-refractivity contribution in [3.05, 3.63) is 85.0 Å². The van der Waals surface area contributed by atoms with Gasteiger partial charge in [0, 0.05) is 17.1 Å². The van der Waals surface area contributed by atoms with E-state index in [1.807, 2.05) is 25.1 Å². The molecule has 8 heteroatoms. The summed E-state index contributed by atoms with van der Waals surface area (Å²) in [6.45, 7) is 2.80. The first-order valence-corrected chi connectivity index (χ1v) is 11.0. The van der Waals surface area contributed by atoms with Crippen LogP contribution in [0.3, 0.4) is 0 Å². The number of benzene rings is 3. The van der Waals surface area contributed by atoms with E-state index in [0.717, 1.165) is 11.3 Å². The molecule has 3 aromatic carbocycles. The highest BCUT2D eigenvalue weighted by atomic mass is 79.9. The molecule has 158 valence electrons. The molecule has 0 atom stereocenters. The summed E-state index contributed by atoms with van der Waals surface area (Å²) in [6.07, 6.45) is 0. The van der Waals surface area contributed by atoms with Gasteiger partial charge < -0.3 is 14.8 Å². The maximum absolute atomic E-state index is 14.1. The fraction of sp³-hybridized carbons (Fsp3) is 0.182. The number of ether oxygens (including phenoxy) is 2. The molecular weight excluding hydrogens is 516 g/mol. The Kier molecular flexibility index (Phi) is 8.12. The molecule has 30 heavy (non-hydrogen) atoms. The lowest BCUT2D eigenvalue weighted by atomic mass is 10.2. The van der Waals surface area contributed by atoms with Crippen molar-refractivity contribution in [3.8, 4) is 11.5 Å². The normalized spacial score (nSPS) is 10.7. The molecule has 3 rings (SSSR count). The molecule has 0 aliphatic rings. The molecule has 0 aromatic heterocycles. The molecule has 0 unspecified atom stereocenters. The topological polar surface area (TPSA) is 30.5 Å². The molecule has 0 spiro atoms. The lowest BCUT2D eigenvalue weighted by molar-refractivity contribution is 0.264. The average Bonchev–Trinajstić information content (AvgIpc) is 2.68. The Balaban J connectivity index is 1.79. The molecule has 0 bridgehead atoms. The zero-order valence-electron chi connectivity index (χ0n) is 15.9. The number of hydrogen-bond donors (Lipinski definition) is 1. The number of anilines is 1. The van der Waals surface area contributed by atoms with E-state index in [0.29, 0.717) is 44.2 Å². The summed E-state index contributed by atoms with van der Waals surface area (Å²) < 4.78 is 26.3. The Bertz CT molecular complexity index is 1030. The van der Waals surface area contributed by atoms with E-state index in [9.17, 15) is 4.39 Å². The molecule has 3 nitrogen and oxygen atoms in total. The minimum atomic E-state index is -0.419. The van der Waals surface area contributed by atoms with Crippen molar-refractivity contribution in [1.29, 1.82) is 0 Å². The second kappa shape index (κ2) is 10.6. The van der Waals surface area contributed by atoms with Crippen molar-refractivity contribution < 1.29 is 13.9 Å². The summed E-state index contributed by atoms with van der Waals surface area (Å²) >= 11 is 21.8. The van der Waals surface area contributed by atoms with Gasteiger partial charge in [-0.3, -0.25) is 0 Å². The largest absolute Gasteiger partial charge is 0.490 e. The van der Waals surface area contributed by atoms with Crippen molar-refractivity contribution in [2.75, 3.05) is 11.9 Å². The van der Waals surface area contributed by atoms with Gasteiger partial charge in [0.2, 0.25) is 0 Å². The Morgan fingerprint density at radius 3 is 2.50 bits per heavy atom. The van der Waals surface area contributed by atoms with Crippen LogP contribution in [0.15, 0.2) is 53.0 Å². The summed E-state index contributed by atoms with van der Waals surface area (Å²) in [5.41, 5.74) is 1.99. The molecule has 0 aliphatic carbocycles. The predicted molar refractivity (Wildman–Crippen MR) is 125 cm³/mol. The SMILES string of the molecule is CCOc1cc(CNc2ccc(Cl)cc2Cl)cc(Br)c1OCc1c(F)cccc1Cl. The summed E-state index contributed by atoms with van der Waals surface area (Å²) in [5, 5.41) is 4.69. The summed E-state index contributed by atoms with van der Waals surface area (Å²) in [7, 11) is 0. The van der Waals surface area contributed by atoms with E-state index in [2.05, 4.69) is 21.2 Å². The zero-order chi connectivity index (χ0) is 21.7. The Labute approximate surface area is 198 Å². The van der Waals surface area contributed by atoms with Gasteiger partial charge in [-0.2, -0.15) is 0 Å². The van der Waals surface area contributed by atoms with E-state index in [1.54, 1.807) is 24.3 Å². The van der Waals surface area contributed by atoms with E-state index < -0.39 is 5.82 Å². The van der Waals surface area contributed by atoms with Crippen molar-refractivity contribution >= 4 is 56.4 Å². The number of halogens is 5. The van der Waals surface area contributed by atoms with E-state index >= 15 is 0 Å². The van der Waals surface area contributed by atoms with Gasteiger partial charge in [0.05, 0.1) is 26.8 Å². The van der Waals surface area contributed by atoms with Gasteiger partial charge in [-0.1, -0.05) is 40.9 Å². The first-order chi connectivity index (χ1) is 14.4. The van der Waals surface area contributed by atoms with Crippen molar-refractivity contribution in [2.45, 2.75) is 20.1 Å². The summed E-state index contributed by atoms with van der Waals surface area (Å²) in [5.74, 6) is 0.597. The van der Waals surface area contributed by atoms with Gasteiger partial charge in [-0.25, -0.2) is 4.39 Å². The lowest BCUT2D eigenvalue weighted by Gasteiger charge is -2.17. The van der Waals surface area contributed by atoms with E-state index in [4.69, 9.17) is 44.3 Å². The molecular formula is C22H18BrCl3FNO2. The quantitative estimate of drug-likeness (QED) is 0.317. The van der Waals surface area contributed by atoms with Crippen LogP contribution in [-0.4, -0.2) is 6.61 Å². The number of rotatable bonds is 8. The monoisotopic (exact) mass is 531 g/mol. The first kappa shape index (κ1) is 23.0. The highest BCUT2D eigenvalue weighted by Crippen LogP contribution is 2.38. The fourth-order valence-electron chi connectivity index (χ4n) is 2.77. The smallest absolute Gasteiger partial charge is 0.175 e. The van der Waals surface area contributed by atoms with Gasteiger partial charge in [-0.15, -0.1) is 0 Å². The van der Waals surface area contributed by atoms with Crippen LogP contribution >= 0.6 is 50.7 Å². The van der Waals surface area contributed by atoms with Crippen LogP contribution in [-0.2, 0) is 13.2 Å².